The first-order valence-electron chi connectivity index (χ1n) is 8.53. The van der Waals surface area contributed by atoms with Gasteiger partial charge in [-0.3, -0.25) is 4.79 Å². The number of hydrogen-bond donors (Lipinski definition) is 0. The second-order valence-electron chi connectivity index (χ2n) is 6.67. The van der Waals surface area contributed by atoms with Crippen LogP contribution in [0.4, 0.5) is 0 Å². The molecule has 6 nitrogen and oxygen atoms in total. The maximum absolute atomic E-state index is 12.4. The number of amides is 1. The summed E-state index contributed by atoms with van der Waals surface area (Å²) in [5, 5.41) is -0.213. The summed E-state index contributed by atoms with van der Waals surface area (Å²) in [5.41, 5.74) is 0. The summed E-state index contributed by atoms with van der Waals surface area (Å²) in [7, 11) is -3.11. The number of piperidine rings is 1. The number of rotatable bonds is 5. The monoisotopic (exact) mass is 339 g/mol. The zero-order valence-corrected chi connectivity index (χ0v) is 14.2. The molecule has 1 aliphatic carbocycles. The maximum Gasteiger partial charge on any atom is 0.223 e. The van der Waals surface area contributed by atoms with Gasteiger partial charge in [-0.25, -0.2) is 13.4 Å². The lowest BCUT2D eigenvalue weighted by molar-refractivity contribution is -0.132. The van der Waals surface area contributed by atoms with Gasteiger partial charge in [0.15, 0.2) is 9.84 Å². The Morgan fingerprint density at radius 3 is 2.65 bits per heavy atom. The number of carbonyl (C=O) groups excluding carboxylic acids is 1. The van der Waals surface area contributed by atoms with E-state index in [2.05, 4.69) is 4.98 Å². The van der Waals surface area contributed by atoms with E-state index < -0.39 is 9.84 Å². The molecule has 1 aromatic rings. The second-order valence-corrected chi connectivity index (χ2v) is 9.07. The molecule has 0 spiro atoms. The molecule has 1 aromatic heterocycles. The molecule has 2 fully saturated rings. The minimum atomic E-state index is -3.11. The summed E-state index contributed by atoms with van der Waals surface area (Å²) in [5.74, 6) is -0.0284. The van der Waals surface area contributed by atoms with Crippen molar-refractivity contribution >= 4 is 15.7 Å². The van der Waals surface area contributed by atoms with Crippen molar-refractivity contribution in [1.82, 2.24) is 14.5 Å². The molecule has 0 aromatic carbocycles. The Bertz CT molecular complexity index is 621. The number of imidazole rings is 1. The van der Waals surface area contributed by atoms with Gasteiger partial charge in [-0.05, 0) is 25.7 Å². The topological polar surface area (TPSA) is 72.3 Å². The Kier molecular flexibility index (Phi) is 5.04. The van der Waals surface area contributed by atoms with E-state index in [1.807, 2.05) is 15.7 Å². The first-order chi connectivity index (χ1) is 11.1. The summed E-state index contributed by atoms with van der Waals surface area (Å²) in [6, 6.07) is 0.252. The van der Waals surface area contributed by atoms with Crippen LogP contribution in [0.5, 0.6) is 0 Å². The van der Waals surface area contributed by atoms with Crippen LogP contribution in [0.25, 0.3) is 0 Å². The molecule has 0 radical (unpaired) electrons. The lowest BCUT2D eigenvalue weighted by Gasteiger charge is -2.33. The van der Waals surface area contributed by atoms with E-state index in [4.69, 9.17) is 0 Å². The molecule has 1 amide bonds. The highest BCUT2D eigenvalue weighted by atomic mass is 32.2. The van der Waals surface area contributed by atoms with E-state index >= 15 is 0 Å². The lowest BCUT2D eigenvalue weighted by atomic mass is 10.1. The smallest absolute Gasteiger partial charge is 0.223 e. The van der Waals surface area contributed by atoms with Crippen LogP contribution in [0.3, 0.4) is 0 Å². The second kappa shape index (κ2) is 7.03. The predicted octanol–water partition coefficient (Wildman–Crippen LogP) is 1.79. The van der Waals surface area contributed by atoms with Crippen molar-refractivity contribution in [3.63, 3.8) is 0 Å². The van der Waals surface area contributed by atoms with Gasteiger partial charge in [0, 0.05) is 31.9 Å². The predicted molar refractivity (Wildman–Crippen MR) is 87.7 cm³/mol. The van der Waals surface area contributed by atoms with Gasteiger partial charge < -0.3 is 9.47 Å². The Balaban J connectivity index is 1.53. The third-order valence-electron chi connectivity index (χ3n) is 5.11. The quantitative estimate of drug-likeness (QED) is 0.820. The first-order valence-corrected chi connectivity index (χ1v) is 10.2. The normalized spacial score (nSPS) is 23.3. The number of hydrogen-bond acceptors (Lipinski definition) is 4. The number of sulfone groups is 1. The summed E-state index contributed by atoms with van der Waals surface area (Å²) < 4.78 is 26.6. The summed E-state index contributed by atoms with van der Waals surface area (Å²) in [4.78, 5) is 18.3. The minimum Gasteiger partial charge on any atom is -0.341 e. The minimum absolute atomic E-state index is 0.00272. The van der Waals surface area contributed by atoms with Gasteiger partial charge in [0.05, 0.1) is 23.4 Å². The molecule has 128 valence electrons. The standard InChI is InChI=1S/C16H25N3O3S/c20-16(7-11-23(21,22)15-5-1-2-6-15)18-9-3-4-14(12-18)19-10-8-17-13-19/h8,10,13-15H,1-7,9,11-12H2/t14-/m1/s1. The SMILES string of the molecule is O=C(CCS(=O)(=O)C1CCCC1)N1CCC[C@@H](n2ccnc2)C1. The number of nitrogens with zero attached hydrogens (tertiary/aromatic N) is 3. The Morgan fingerprint density at radius 2 is 1.96 bits per heavy atom. The van der Waals surface area contributed by atoms with Crippen molar-refractivity contribution in [3.8, 4) is 0 Å². The van der Waals surface area contributed by atoms with E-state index in [9.17, 15) is 13.2 Å². The maximum atomic E-state index is 12.4. The summed E-state index contributed by atoms with van der Waals surface area (Å²) in [6.07, 6.45) is 11.1. The fourth-order valence-corrected chi connectivity index (χ4v) is 5.56. The van der Waals surface area contributed by atoms with Crippen molar-refractivity contribution in [2.24, 2.45) is 0 Å². The lowest BCUT2D eigenvalue weighted by Crippen LogP contribution is -2.41. The molecule has 1 saturated carbocycles. The number of carbonyl (C=O) groups is 1. The molecule has 1 atom stereocenters. The van der Waals surface area contributed by atoms with E-state index in [1.54, 1.807) is 12.5 Å². The highest BCUT2D eigenvalue weighted by molar-refractivity contribution is 7.92. The van der Waals surface area contributed by atoms with Crippen LogP contribution in [0, 0.1) is 0 Å². The van der Waals surface area contributed by atoms with E-state index in [-0.39, 0.29) is 29.4 Å². The fraction of sp³-hybridized carbons (Fsp3) is 0.750. The number of aromatic nitrogens is 2. The highest BCUT2D eigenvalue weighted by Gasteiger charge is 2.30. The van der Waals surface area contributed by atoms with Crippen LogP contribution in [-0.2, 0) is 14.6 Å². The van der Waals surface area contributed by atoms with Gasteiger partial charge in [-0.2, -0.15) is 0 Å². The van der Waals surface area contributed by atoms with E-state index in [0.29, 0.717) is 6.54 Å². The van der Waals surface area contributed by atoms with Crippen LogP contribution >= 0.6 is 0 Å². The van der Waals surface area contributed by atoms with Crippen molar-refractivity contribution in [2.45, 2.75) is 56.2 Å². The van der Waals surface area contributed by atoms with Crippen molar-refractivity contribution < 1.29 is 13.2 Å². The van der Waals surface area contributed by atoms with Crippen molar-refractivity contribution in [1.29, 1.82) is 0 Å². The van der Waals surface area contributed by atoms with Crippen molar-refractivity contribution in [2.75, 3.05) is 18.8 Å². The molecule has 23 heavy (non-hydrogen) atoms. The largest absolute Gasteiger partial charge is 0.341 e. The fourth-order valence-electron chi connectivity index (χ4n) is 3.71. The molecule has 0 N–H and O–H groups in total. The van der Waals surface area contributed by atoms with Crippen molar-refractivity contribution in [3.05, 3.63) is 18.7 Å². The van der Waals surface area contributed by atoms with Gasteiger partial charge in [0.2, 0.25) is 5.91 Å². The van der Waals surface area contributed by atoms with Crippen LogP contribution in [0.15, 0.2) is 18.7 Å². The van der Waals surface area contributed by atoms with E-state index in [1.165, 1.54) is 0 Å². The van der Waals surface area contributed by atoms with Crippen LogP contribution in [0.2, 0.25) is 0 Å². The Labute approximate surface area is 137 Å². The zero-order valence-electron chi connectivity index (χ0n) is 13.4. The zero-order chi connectivity index (χ0) is 16.3. The molecule has 7 heteroatoms. The molecule has 2 aliphatic rings. The van der Waals surface area contributed by atoms with Gasteiger partial charge in [-0.1, -0.05) is 12.8 Å². The third kappa shape index (κ3) is 3.94. The van der Waals surface area contributed by atoms with Crippen LogP contribution in [-0.4, -0.2) is 52.9 Å². The van der Waals surface area contributed by atoms with E-state index in [0.717, 1.165) is 45.1 Å². The van der Waals surface area contributed by atoms with Gasteiger partial charge in [-0.15, -0.1) is 0 Å². The molecule has 1 saturated heterocycles. The molecular formula is C16H25N3O3S. The number of likely N-dealkylation sites (tertiary alicyclic amines) is 1. The average molecular weight is 339 g/mol. The molecule has 0 bridgehead atoms. The Morgan fingerprint density at radius 1 is 1.17 bits per heavy atom. The molecule has 3 rings (SSSR count). The molecule has 2 heterocycles. The summed E-state index contributed by atoms with van der Waals surface area (Å²) in [6.45, 7) is 1.38. The Hall–Kier alpha value is -1.37. The summed E-state index contributed by atoms with van der Waals surface area (Å²) >= 11 is 0. The molecule has 1 aliphatic heterocycles. The average Bonchev–Trinajstić information content (AvgIpc) is 3.25. The van der Waals surface area contributed by atoms with Crippen LogP contribution in [0.1, 0.15) is 51.0 Å². The van der Waals surface area contributed by atoms with Gasteiger partial charge in [0.1, 0.15) is 0 Å². The third-order valence-corrected chi connectivity index (χ3v) is 7.37. The van der Waals surface area contributed by atoms with Gasteiger partial charge >= 0.3 is 0 Å². The first kappa shape index (κ1) is 16.5. The highest BCUT2D eigenvalue weighted by Crippen LogP contribution is 2.26. The van der Waals surface area contributed by atoms with Crippen LogP contribution < -0.4 is 0 Å². The molecular weight excluding hydrogens is 314 g/mol. The molecule has 0 unspecified atom stereocenters. The van der Waals surface area contributed by atoms with Gasteiger partial charge in [0.25, 0.3) is 0 Å².